The van der Waals surface area contributed by atoms with Gasteiger partial charge in [-0.3, -0.25) is 10.2 Å². The molecule has 1 aliphatic rings. The Hall–Kier alpha value is -2.81. The van der Waals surface area contributed by atoms with Crippen LogP contribution in [0.5, 0.6) is 5.75 Å². The summed E-state index contributed by atoms with van der Waals surface area (Å²) in [4.78, 5) is 21.6. The fraction of sp³-hybridized carbons (Fsp3) is 0.391. The van der Waals surface area contributed by atoms with E-state index in [4.69, 9.17) is 14.6 Å². The van der Waals surface area contributed by atoms with Gasteiger partial charge in [0.25, 0.3) is 15.9 Å². The van der Waals surface area contributed by atoms with Gasteiger partial charge in [-0.15, -0.1) is 4.41 Å². The Morgan fingerprint density at radius 1 is 1.16 bits per heavy atom. The Morgan fingerprint density at radius 2 is 1.73 bits per heavy atom. The number of alkyl halides is 3. The number of aryl methyl sites for hydroxylation is 1. The highest BCUT2D eigenvalue weighted by atomic mass is 32.2. The largest absolute Gasteiger partial charge is 0.497 e. The van der Waals surface area contributed by atoms with Crippen molar-refractivity contribution in [1.29, 1.82) is 0 Å². The Morgan fingerprint density at radius 3 is 2.24 bits per heavy atom. The highest BCUT2D eigenvalue weighted by molar-refractivity contribution is 7.99. The van der Waals surface area contributed by atoms with Crippen molar-refractivity contribution in [2.24, 2.45) is 0 Å². The maximum absolute atomic E-state index is 12.6. The zero-order valence-corrected chi connectivity index (χ0v) is 21.9. The number of amides is 1. The standard InChI is InChI=1S/C21H27N3O4S2.C2HF3O2/c1-15-4-10-19(11-5-15)30(26,27)24(2)23-21(25)20-12-18(13-22-20)29-14-16-6-8-17(28-3)9-7-16;3-2(4,5)1(6)7/h4-11,18,20,22H,12-14H2,1-3H3,(H,23,25);(H,6,7)/t18-,20+;/m1./s1. The molecule has 2 aromatic rings. The maximum atomic E-state index is 12.6. The SMILES string of the molecule is COc1ccc(CS[C@H]2CN[C@H](C(=O)NN(C)S(=O)(=O)c3ccc(C)cc3)C2)cc1.O=C(O)C(F)(F)F. The van der Waals surface area contributed by atoms with Crippen LogP contribution in [-0.2, 0) is 25.4 Å². The number of aliphatic carboxylic acids is 1. The monoisotopic (exact) mass is 563 g/mol. The number of thioether (sulfide) groups is 1. The number of methoxy groups -OCH3 is 1. The van der Waals surface area contributed by atoms with Crippen LogP contribution in [0.1, 0.15) is 17.5 Å². The predicted octanol–water partition coefficient (Wildman–Crippen LogP) is 2.95. The lowest BCUT2D eigenvalue weighted by Gasteiger charge is -2.20. The van der Waals surface area contributed by atoms with Crippen molar-refractivity contribution in [2.75, 3.05) is 20.7 Å². The number of hydrogen-bond donors (Lipinski definition) is 3. The van der Waals surface area contributed by atoms with Crippen molar-refractivity contribution < 1.29 is 41.0 Å². The first kappa shape index (κ1) is 30.4. The van der Waals surface area contributed by atoms with Gasteiger partial charge in [-0.05, 0) is 43.2 Å². The number of rotatable bonds is 8. The molecule has 1 saturated heterocycles. The van der Waals surface area contributed by atoms with Crippen LogP contribution >= 0.6 is 11.8 Å². The van der Waals surface area contributed by atoms with E-state index in [2.05, 4.69) is 10.7 Å². The van der Waals surface area contributed by atoms with Crippen molar-refractivity contribution >= 4 is 33.7 Å². The molecule has 2 atom stereocenters. The number of hydrogen-bond acceptors (Lipinski definition) is 7. The van der Waals surface area contributed by atoms with Crippen molar-refractivity contribution in [2.45, 2.75) is 41.5 Å². The second-order valence-corrected chi connectivity index (χ2v) is 11.3. The summed E-state index contributed by atoms with van der Waals surface area (Å²) in [7, 11) is -0.801. The van der Waals surface area contributed by atoms with E-state index in [0.29, 0.717) is 13.0 Å². The molecule has 2 aromatic carbocycles. The van der Waals surface area contributed by atoms with Crippen LogP contribution in [0, 0.1) is 6.92 Å². The minimum absolute atomic E-state index is 0.142. The molecular formula is C23H28F3N3O6S2. The molecule has 0 aliphatic carbocycles. The van der Waals surface area contributed by atoms with Crippen LogP contribution < -0.4 is 15.5 Å². The molecule has 3 N–H and O–H groups in total. The smallest absolute Gasteiger partial charge is 0.490 e. The quantitative estimate of drug-likeness (QED) is 0.419. The average Bonchev–Trinajstić information content (AvgIpc) is 3.32. The molecule has 1 amide bonds. The van der Waals surface area contributed by atoms with Gasteiger partial charge in [-0.1, -0.05) is 29.8 Å². The molecule has 0 aromatic heterocycles. The molecular weight excluding hydrogens is 535 g/mol. The van der Waals surface area contributed by atoms with Gasteiger partial charge >= 0.3 is 12.1 Å². The third-order valence-electron chi connectivity index (χ3n) is 5.24. The molecule has 0 bridgehead atoms. The van der Waals surface area contributed by atoms with Gasteiger partial charge in [0.15, 0.2) is 0 Å². The van der Waals surface area contributed by atoms with Gasteiger partial charge in [0.2, 0.25) is 0 Å². The van der Waals surface area contributed by atoms with Gasteiger partial charge in [0.05, 0.1) is 18.0 Å². The zero-order chi connectivity index (χ0) is 27.8. The van der Waals surface area contributed by atoms with Crippen molar-refractivity contribution in [3.05, 3.63) is 59.7 Å². The predicted molar refractivity (Wildman–Crippen MR) is 132 cm³/mol. The molecule has 1 fully saturated rings. The Bertz CT molecular complexity index is 1160. The Kier molecular flexibility index (Phi) is 10.8. The number of benzene rings is 2. The molecule has 9 nitrogen and oxygen atoms in total. The summed E-state index contributed by atoms with van der Waals surface area (Å²) in [6, 6.07) is 14.0. The normalized spacial score (nSPS) is 17.6. The summed E-state index contributed by atoms with van der Waals surface area (Å²) in [6.45, 7) is 2.59. The third-order valence-corrected chi connectivity index (χ3v) is 8.25. The fourth-order valence-electron chi connectivity index (χ4n) is 3.13. The number of hydrazine groups is 1. The van der Waals surface area contributed by atoms with Crippen LogP contribution in [0.2, 0.25) is 0 Å². The maximum Gasteiger partial charge on any atom is 0.490 e. The van der Waals surface area contributed by atoms with Crippen LogP contribution in [0.3, 0.4) is 0 Å². The number of sulfonamides is 1. The molecule has 1 heterocycles. The number of carboxylic acid groups (broad SMARTS) is 1. The van der Waals surface area contributed by atoms with Gasteiger partial charge in [0, 0.05) is 24.6 Å². The average molecular weight is 564 g/mol. The summed E-state index contributed by atoms with van der Waals surface area (Å²) < 4.78 is 63.1. The molecule has 1 aliphatic heterocycles. The van der Waals surface area contributed by atoms with E-state index in [1.165, 1.54) is 24.7 Å². The van der Waals surface area contributed by atoms with Crippen molar-refractivity contribution in [3.63, 3.8) is 0 Å². The first-order valence-electron chi connectivity index (χ1n) is 10.9. The second kappa shape index (κ2) is 13.1. The summed E-state index contributed by atoms with van der Waals surface area (Å²) in [5.74, 6) is -1.44. The molecule has 0 spiro atoms. The number of carboxylic acids is 1. The van der Waals surface area contributed by atoms with E-state index >= 15 is 0 Å². The Labute approximate surface area is 217 Å². The molecule has 14 heteroatoms. The Balaban J connectivity index is 0.000000604. The van der Waals surface area contributed by atoms with Crippen LogP contribution in [0.25, 0.3) is 0 Å². The van der Waals surface area contributed by atoms with Gasteiger partial charge in [-0.2, -0.15) is 24.9 Å². The lowest BCUT2D eigenvalue weighted by molar-refractivity contribution is -0.192. The number of halogens is 3. The molecule has 37 heavy (non-hydrogen) atoms. The molecule has 204 valence electrons. The van der Waals surface area contributed by atoms with Crippen molar-refractivity contribution in [1.82, 2.24) is 15.2 Å². The van der Waals surface area contributed by atoms with E-state index in [-0.39, 0.29) is 16.1 Å². The van der Waals surface area contributed by atoms with Gasteiger partial charge in [-0.25, -0.2) is 13.2 Å². The van der Waals surface area contributed by atoms with E-state index in [1.54, 1.807) is 31.0 Å². The van der Waals surface area contributed by atoms with Crippen LogP contribution in [0.4, 0.5) is 13.2 Å². The topological polar surface area (TPSA) is 125 Å². The number of carbonyl (C=O) groups excluding carboxylic acids is 1. The summed E-state index contributed by atoms with van der Waals surface area (Å²) in [6.07, 6.45) is -4.44. The van der Waals surface area contributed by atoms with Gasteiger partial charge in [0.1, 0.15) is 5.75 Å². The van der Waals surface area contributed by atoms with E-state index in [9.17, 15) is 26.4 Å². The number of ether oxygens (including phenoxy) is 1. The first-order chi connectivity index (χ1) is 17.2. The molecule has 0 saturated carbocycles. The van der Waals surface area contributed by atoms with E-state index in [0.717, 1.165) is 21.5 Å². The first-order valence-corrected chi connectivity index (χ1v) is 13.4. The fourth-order valence-corrected chi connectivity index (χ4v) is 5.30. The van der Waals surface area contributed by atoms with Crippen molar-refractivity contribution in [3.8, 4) is 5.75 Å². The van der Waals surface area contributed by atoms with Crippen LogP contribution in [0.15, 0.2) is 53.4 Å². The van der Waals surface area contributed by atoms with Gasteiger partial charge < -0.3 is 15.2 Å². The zero-order valence-electron chi connectivity index (χ0n) is 20.3. The number of carbonyl (C=O) groups is 2. The lowest BCUT2D eigenvalue weighted by atomic mass is 10.2. The molecule has 0 radical (unpaired) electrons. The molecule has 0 unspecified atom stereocenters. The highest BCUT2D eigenvalue weighted by Crippen LogP contribution is 2.26. The van der Waals surface area contributed by atoms with E-state index in [1.807, 2.05) is 31.2 Å². The third kappa shape index (κ3) is 9.22. The summed E-state index contributed by atoms with van der Waals surface area (Å²) >= 11 is 1.78. The molecule has 3 rings (SSSR count). The summed E-state index contributed by atoms with van der Waals surface area (Å²) in [5.41, 5.74) is 4.66. The highest BCUT2D eigenvalue weighted by Gasteiger charge is 2.38. The summed E-state index contributed by atoms with van der Waals surface area (Å²) in [5, 5.41) is 10.6. The minimum Gasteiger partial charge on any atom is -0.497 e. The lowest BCUT2D eigenvalue weighted by Crippen LogP contribution is -2.49. The second-order valence-electron chi connectivity index (χ2n) is 8.04. The van der Waals surface area contributed by atoms with Crippen LogP contribution in [-0.4, -0.2) is 68.0 Å². The minimum atomic E-state index is -5.08. The van der Waals surface area contributed by atoms with E-state index < -0.39 is 28.2 Å². The number of nitrogens with zero attached hydrogens (tertiary/aromatic N) is 1. The number of nitrogens with one attached hydrogen (secondary N) is 2.